The lowest BCUT2D eigenvalue weighted by Gasteiger charge is -1.82. The molecule has 0 aromatic heterocycles. The van der Waals surface area contributed by atoms with Crippen LogP contribution in [0, 0.1) is 3.57 Å². The molecule has 0 aliphatic carbocycles. The number of phosphoric acid groups is 1. The van der Waals surface area contributed by atoms with E-state index in [1.54, 1.807) is 0 Å². The fourth-order valence-electron chi connectivity index (χ4n) is 0.466. The van der Waals surface area contributed by atoms with Gasteiger partial charge >= 0.3 is 7.82 Å². The van der Waals surface area contributed by atoms with Gasteiger partial charge in [-0.25, -0.2) is 4.57 Å². The Morgan fingerprint density at radius 2 is 1.46 bits per heavy atom. The van der Waals surface area contributed by atoms with Crippen molar-refractivity contribution >= 4 is 29.0 Å². The number of halogens is 1. The summed E-state index contributed by atoms with van der Waals surface area (Å²) in [5, 5.41) is 0. The molecule has 74 valence electrons. The molecule has 0 fully saturated rings. The minimum atomic E-state index is -4.64. The van der Waals surface area contributed by atoms with Crippen LogP contribution in [0.4, 0.5) is 0 Å². The molecule has 5 nitrogen and oxygen atoms in total. The standard InChI is InChI=1S/C6H5IO.H3O4P/c8-7-6-4-2-1-3-5-6;1-5(2,3)4/h1-5H;(H3,1,2,3,4). The zero-order valence-electron chi connectivity index (χ0n) is 6.37. The maximum atomic E-state index is 10.2. The van der Waals surface area contributed by atoms with E-state index in [9.17, 15) is 3.07 Å². The van der Waals surface area contributed by atoms with Crippen molar-refractivity contribution in [2.24, 2.45) is 0 Å². The smallest absolute Gasteiger partial charge is 0.303 e. The molecule has 0 heterocycles. The molecule has 0 amide bonds. The third-order valence-electron chi connectivity index (χ3n) is 0.822. The largest absolute Gasteiger partial charge is 0.466 e. The van der Waals surface area contributed by atoms with E-state index in [1.165, 1.54) is 0 Å². The molecule has 3 N–H and O–H groups in total. The van der Waals surface area contributed by atoms with E-state index in [0.717, 1.165) is 3.57 Å². The summed E-state index contributed by atoms with van der Waals surface area (Å²) in [4.78, 5) is 21.6. The summed E-state index contributed by atoms with van der Waals surface area (Å²) in [7, 11) is -4.64. The molecule has 0 saturated heterocycles. The van der Waals surface area contributed by atoms with Gasteiger partial charge in [0.1, 0.15) is 0 Å². The summed E-state index contributed by atoms with van der Waals surface area (Å²) in [6.07, 6.45) is 0. The summed E-state index contributed by atoms with van der Waals surface area (Å²) in [6.45, 7) is 0. The average molecular weight is 318 g/mol. The van der Waals surface area contributed by atoms with Crippen molar-refractivity contribution in [1.29, 1.82) is 0 Å². The molecule has 13 heavy (non-hydrogen) atoms. The zero-order valence-corrected chi connectivity index (χ0v) is 9.42. The van der Waals surface area contributed by atoms with Crippen molar-refractivity contribution in [3.05, 3.63) is 33.9 Å². The van der Waals surface area contributed by atoms with E-state index in [-0.39, 0.29) is 0 Å². The van der Waals surface area contributed by atoms with E-state index in [2.05, 4.69) is 0 Å². The second kappa shape index (κ2) is 6.33. The Bertz CT molecular complexity index is 287. The molecule has 0 bridgehead atoms. The van der Waals surface area contributed by atoms with Gasteiger partial charge in [-0.05, 0) is 12.1 Å². The van der Waals surface area contributed by atoms with Gasteiger partial charge in [-0.15, -0.1) is 0 Å². The van der Waals surface area contributed by atoms with Gasteiger partial charge in [0, 0.05) is 3.57 Å². The maximum Gasteiger partial charge on any atom is 0.466 e. The van der Waals surface area contributed by atoms with Crippen LogP contribution in [0.1, 0.15) is 0 Å². The first-order valence-corrected chi connectivity index (χ1v) is 6.56. The van der Waals surface area contributed by atoms with Gasteiger partial charge in [-0.1, -0.05) is 18.2 Å². The molecule has 1 rings (SSSR count). The predicted molar refractivity (Wildman–Crippen MR) is 54.1 cm³/mol. The van der Waals surface area contributed by atoms with Crippen LogP contribution in [0.25, 0.3) is 0 Å². The summed E-state index contributed by atoms with van der Waals surface area (Å²) < 4.78 is 20.1. The fraction of sp³-hybridized carbons (Fsp3) is 0. The van der Waals surface area contributed by atoms with Crippen LogP contribution in [0.5, 0.6) is 0 Å². The van der Waals surface area contributed by atoms with Crippen molar-refractivity contribution in [2.45, 2.75) is 0 Å². The van der Waals surface area contributed by atoms with Gasteiger partial charge in [-0.3, -0.25) is 3.07 Å². The third kappa shape index (κ3) is 11.9. The van der Waals surface area contributed by atoms with E-state index < -0.39 is 29.0 Å². The first-order valence-electron chi connectivity index (χ1n) is 3.04. The SMILES string of the molecule is O=Ic1ccccc1.O=P(O)(O)O. The monoisotopic (exact) mass is 318 g/mol. The molecule has 1 aromatic rings. The predicted octanol–water partition coefficient (Wildman–Crippen LogP) is 1.24. The molecule has 0 aliphatic heterocycles. The number of hydrogen-bond donors (Lipinski definition) is 3. The molecule has 0 saturated carbocycles. The van der Waals surface area contributed by atoms with Crippen LogP contribution < -0.4 is 0 Å². The molecular weight excluding hydrogens is 310 g/mol. The van der Waals surface area contributed by atoms with Gasteiger partial charge in [0.15, 0.2) is 21.2 Å². The van der Waals surface area contributed by atoms with Gasteiger partial charge in [0.05, 0.1) is 0 Å². The summed E-state index contributed by atoms with van der Waals surface area (Å²) in [5.74, 6) is 0. The highest BCUT2D eigenvalue weighted by Gasteiger charge is 2.00. The number of rotatable bonds is 1. The summed E-state index contributed by atoms with van der Waals surface area (Å²) >= 11 is -0.941. The maximum absolute atomic E-state index is 10.2. The van der Waals surface area contributed by atoms with Crippen molar-refractivity contribution in [1.82, 2.24) is 0 Å². The Morgan fingerprint density at radius 3 is 1.69 bits per heavy atom. The van der Waals surface area contributed by atoms with Crippen molar-refractivity contribution in [3.63, 3.8) is 0 Å². The minimum absolute atomic E-state index is 0.941. The van der Waals surface area contributed by atoms with Crippen molar-refractivity contribution in [2.75, 3.05) is 0 Å². The summed E-state index contributed by atoms with van der Waals surface area (Å²) in [6, 6.07) is 9.46. The molecule has 0 radical (unpaired) electrons. The topological polar surface area (TPSA) is 94.8 Å². The van der Waals surface area contributed by atoms with E-state index in [1.807, 2.05) is 30.3 Å². The molecular formula is C6H8IO5P. The van der Waals surface area contributed by atoms with E-state index in [4.69, 9.17) is 19.2 Å². The van der Waals surface area contributed by atoms with Gasteiger partial charge in [0.2, 0.25) is 0 Å². The Balaban J connectivity index is 0.000000252. The lowest BCUT2D eigenvalue weighted by molar-refractivity contribution is 0.275. The van der Waals surface area contributed by atoms with Crippen LogP contribution >= 0.6 is 29.0 Å². The van der Waals surface area contributed by atoms with E-state index in [0.29, 0.717) is 0 Å². The molecule has 0 unspecified atom stereocenters. The van der Waals surface area contributed by atoms with Gasteiger partial charge in [-0.2, -0.15) is 0 Å². The van der Waals surface area contributed by atoms with Gasteiger partial charge in [0.25, 0.3) is 0 Å². The molecule has 0 aliphatic rings. The fourth-order valence-corrected chi connectivity index (χ4v) is 1.17. The van der Waals surface area contributed by atoms with Crippen LogP contribution in [0.3, 0.4) is 0 Å². The highest BCUT2D eigenvalue weighted by molar-refractivity contribution is 14.1. The van der Waals surface area contributed by atoms with E-state index >= 15 is 0 Å². The Morgan fingerprint density at radius 1 is 1.08 bits per heavy atom. The number of benzene rings is 1. The Kier molecular flexibility index (Phi) is 6.27. The molecule has 7 heteroatoms. The highest BCUT2D eigenvalue weighted by Crippen LogP contribution is 2.25. The lowest BCUT2D eigenvalue weighted by atomic mass is 10.4. The van der Waals surface area contributed by atoms with Crippen LogP contribution in [0.2, 0.25) is 0 Å². The number of hydrogen-bond acceptors (Lipinski definition) is 2. The first kappa shape index (κ1) is 12.9. The highest BCUT2D eigenvalue weighted by atomic mass is 127. The van der Waals surface area contributed by atoms with Crippen molar-refractivity contribution in [3.8, 4) is 0 Å². The summed E-state index contributed by atoms with van der Waals surface area (Å²) in [5.41, 5.74) is 0. The van der Waals surface area contributed by atoms with Crippen LogP contribution in [-0.4, -0.2) is 14.7 Å². The average Bonchev–Trinajstić information content (AvgIpc) is 2.03. The van der Waals surface area contributed by atoms with Crippen LogP contribution in [0.15, 0.2) is 30.3 Å². The molecule has 0 atom stereocenters. The Labute approximate surface area is 85.3 Å². The third-order valence-corrected chi connectivity index (χ3v) is 2.05. The van der Waals surface area contributed by atoms with Crippen LogP contribution in [-0.2, 0) is 7.63 Å². The normalized spacial score (nSPS) is 10.1. The zero-order chi connectivity index (χ0) is 10.3. The quantitative estimate of drug-likeness (QED) is 0.535. The second-order valence-corrected chi connectivity index (χ2v) is 4.60. The lowest BCUT2D eigenvalue weighted by Crippen LogP contribution is -1.66. The minimum Gasteiger partial charge on any atom is -0.303 e. The Hall–Kier alpha value is -0.140. The first-order chi connectivity index (χ1) is 5.93. The second-order valence-electron chi connectivity index (χ2n) is 1.89. The molecule has 0 spiro atoms. The van der Waals surface area contributed by atoms with Crippen molar-refractivity contribution < 1.29 is 22.3 Å². The molecule has 1 aromatic carbocycles. The van der Waals surface area contributed by atoms with Gasteiger partial charge < -0.3 is 14.7 Å².